The van der Waals surface area contributed by atoms with Crippen molar-refractivity contribution >= 4 is 38.6 Å². The van der Waals surface area contributed by atoms with Crippen molar-refractivity contribution in [1.82, 2.24) is 0 Å². The minimum Gasteiger partial charge on any atom is -0.151 e. The predicted octanol–water partition coefficient (Wildman–Crippen LogP) is 3.97. The molecule has 0 aliphatic heterocycles. The van der Waals surface area contributed by atoms with Gasteiger partial charge in [-0.05, 0) is 44.7 Å². The molecule has 2 aromatic rings. The average molecular weight is 269 g/mol. The zero-order valence-corrected chi connectivity index (χ0v) is 9.80. The first-order chi connectivity index (χ1) is 6.36. The lowest BCUT2D eigenvalue weighted by molar-refractivity contribution is 1.80. The molecule has 0 saturated carbocycles. The number of rotatable bonds is 0. The van der Waals surface area contributed by atoms with Crippen molar-refractivity contribution in [2.45, 2.75) is 0 Å². The summed E-state index contributed by atoms with van der Waals surface area (Å²) in [5, 5.41) is 6.11. The van der Waals surface area contributed by atoms with Gasteiger partial charge < -0.3 is 0 Å². The summed E-state index contributed by atoms with van der Waals surface area (Å²) in [6.07, 6.45) is 0. The van der Waals surface area contributed by atoms with Crippen molar-refractivity contribution in [2.24, 2.45) is 0 Å². The van der Waals surface area contributed by atoms with E-state index >= 15 is 0 Å². The number of hydrogen-bond acceptors (Lipinski definition) is 2. The van der Waals surface area contributed by atoms with E-state index in [1.165, 1.54) is 0 Å². The number of halogens is 1. The summed E-state index contributed by atoms with van der Waals surface area (Å²) in [6.45, 7) is 0. The maximum atomic E-state index is 3.44. The molecular weight excluding hydrogens is 264 g/mol. The molecule has 13 heavy (non-hydrogen) atoms. The van der Waals surface area contributed by atoms with Crippen molar-refractivity contribution in [2.75, 3.05) is 0 Å². The molecule has 64 valence electrons. The Kier molecular flexibility index (Phi) is 2.84. The van der Waals surface area contributed by atoms with Crippen LogP contribution in [0.1, 0.15) is 10.4 Å². The summed E-state index contributed by atoms with van der Waals surface area (Å²) in [5.41, 5.74) is 1.09. The van der Waals surface area contributed by atoms with Gasteiger partial charge in [-0.3, -0.25) is 0 Å². The van der Waals surface area contributed by atoms with Crippen LogP contribution in [0.4, 0.5) is 0 Å². The van der Waals surface area contributed by atoms with Crippen molar-refractivity contribution in [3.63, 3.8) is 0 Å². The predicted molar refractivity (Wildman–Crippen MR) is 62.3 cm³/mol. The summed E-state index contributed by atoms with van der Waals surface area (Å²) in [4.78, 5) is 1.09. The largest absolute Gasteiger partial charge is 0.151 e. The molecule has 0 bridgehead atoms. The Morgan fingerprint density at radius 3 is 2.69 bits per heavy atom. The van der Waals surface area contributed by atoms with E-state index in [2.05, 4.69) is 33.2 Å². The second-order valence-corrected chi connectivity index (χ2v) is 4.91. The van der Waals surface area contributed by atoms with Gasteiger partial charge in [0.2, 0.25) is 0 Å². The molecule has 2 aromatic heterocycles. The van der Waals surface area contributed by atoms with Gasteiger partial charge in [0.1, 0.15) is 0 Å². The average Bonchev–Trinajstić information content (AvgIpc) is 2.72. The summed E-state index contributed by atoms with van der Waals surface area (Å²) in [5.74, 6) is 6.23. The fourth-order valence-electron chi connectivity index (χ4n) is 0.847. The minimum atomic E-state index is 1.08. The highest BCUT2D eigenvalue weighted by Crippen LogP contribution is 2.21. The summed E-state index contributed by atoms with van der Waals surface area (Å²) in [6, 6.07) is 4.04. The third-order valence-corrected chi connectivity index (χ3v) is 3.90. The first-order valence-corrected chi connectivity index (χ1v) is 6.25. The molecule has 0 spiro atoms. The molecule has 0 fully saturated rings. The smallest absolute Gasteiger partial charge is 0.0914 e. The maximum Gasteiger partial charge on any atom is 0.0914 e. The maximum absolute atomic E-state index is 3.44. The third kappa shape index (κ3) is 2.22. The van der Waals surface area contributed by atoms with E-state index in [-0.39, 0.29) is 0 Å². The van der Waals surface area contributed by atoms with Crippen LogP contribution in [0.2, 0.25) is 0 Å². The van der Waals surface area contributed by atoms with Crippen LogP contribution < -0.4 is 0 Å². The first-order valence-electron chi connectivity index (χ1n) is 3.63. The molecule has 0 nitrogen and oxygen atoms in total. The van der Waals surface area contributed by atoms with Gasteiger partial charge in [0.25, 0.3) is 0 Å². The van der Waals surface area contributed by atoms with Gasteiger partial charge in [-0.2, -0.15) is 11.3 Å². The number of thiophene rings is 2. The molecule has 2 heterocycles. The molecule has 0 saturated heterocycles. The molecule has 0 aromatic carbocycles. The summed E-state index contributed by atoms with van der Waals surface area (Å²) in [7, 11) is 0. The van der Waals surface area contributed by atoms with Crippen LogP contribution in [-0.4, -0.2) is 0 Å². The lowest BCUT2D eigenvalue weighted by Crippen LogP contribution is -1.66. The van der Waals surface area contributed by atoms with Crippen LogP contribution in [0, 0.1) is 11.8 Å². The van der Waals surface area contributed by atoms with Crippen molar-refractivity contribution in [3.05, 3.63) is 43.2 Å². The van der Waals surface area contributed by atoms with E-state index in [0.717, 1.165) is 14.9 Å². The lowest BCUT2D eigenvalue weighted by Gasteiger charge is -1.81. The van der Waals surface area contributed by atoms with E-state index in [0.29, 0.717) is 0 Å². The molecule has 0 N–H and O–H groups in total. The minimum absolute atomic E-state index is 1.08. The van der Waals surface area contributed by atoms with Crippen molar-refractivity contribution in [1.29, 1.82) is 0 Å². The molecular formula is C10H5BrS2. The van der Waals surface area contributed by atoms with Gasteiger partial charge in [-0.25, -0.2) is 0 Å². The zero-order valence-electron chi connectivity index (χ0n) is 6.58. The zero-order chi connectivity index (χ0) is 9.10. The summed E-state index contributed by atoms with van der Waals surface area (Å²) < 4.78 is 1.08. The van der Waals surface area contributed by atoms with Gasteiger partial charge in [-0.1, -0.05) is 5.92 Å². The third-order valence-electron chi connectivity index (χ3n) is 1.46. The Bertz CT molecular complexity index is 443. The van der Waals surface area contributed by atoms with Crippen LogP contribution in [0.15, 0.2) is 32.7 Å². The van der Waals surface area contributed by atoms with Crippen LogP contribution in [0.3, 0.4) is 0 Å². The topological polar surface area (TPSA) is 0 Å². The fraction of sp³-hybridized carbons (Fsp3) is 0. The van der Waals surface area contributed by atoms with Crippen LogP contribution in [-0.2, 0) is 0 Å². The highest BCUT2D eigenvalue weighted by atomic mass is 79.9. The Labute approximate surface area is 93.4 Å². The van der Waals surface area contributed by atoms with Gasteiger partial charge in [0.05, 0.1) is 4.88 Å². The van der Waals surface area contributed by atoms with E-state index in [1.807, 2.05) is 22.9 Å². The van der Waals surface area contributed by atoms with E-state index in [9.17, 15) is 0 Å². The Balaban J connectivity index is 2.27. The van der Waals surface area contributed by atoms with E-state index in [1.54, 1.807) is 22.7 Å². The van der Waals surface area contributed by atoms with Crippen LogP contribution >= 0.6 is 38.6 Å². The lowest BCUT2D eigenvalue weighted by atomic mass is 10.3. The Morgan fingerprint density at radius 1 is 1.15 bits per heavy atom. The summed E-state index contributed by atoms with van der Waals surface area (Å²) >= 11 is 6.77. The van der Waals surface area contributed by atoms with E-state index in [4.69, 9.17) is 0 Å². The Morgan fingerprint density at radius 2 is 2.08 bits per heavy atom. The molecule has 0 radical (unpaired) electrons. The van der Waals surface area contributed by atoms with Crippen LogP contribution in [0.25, 0.3) is 0 Å². The van der Waals surface area contributed by atoms with Crippen molar-refractivity contribution < 1.29 is 0 Å². The van der Waals surface area contributed by atoms with E-state index < -0.39 is 0 Å². The first kappa shape index (κ1) is 9.01. The SMILES string of the molecule is Brc1ccsc1C#Cc1ccsc1. The molecule has 0 aliphatic carbocycles. The highest BCUT2D eigenvalue weighted by molar-refractivity contribution is 9.10. The second-order valence-electron chi connectivity index (χ2n) is 2.36. The van der Waals surface area contributed by atoms with Gasteiger partial charge >= 0.3 is 0 Å². The fourth-order valence-corrected chi connectivity index (χ4v) is 2.75. The van der Waals surface area contributed by atoms with Crippen molar-refractivity contribution in [3.8, 4) is 11.8 Å². The van der Waals surface area contributed by atoms with Gasteiger partial charge in [0, 0.05) is 15.4 Å². The molecule has 3 heteroatoms. The standard InChI is InChI=1S/C10H5BrS2/c11-9-4-6-13-10(9)2-1-8-3-5-12-7-8/h3-7H. The molecule has 0 atom stereocenters. The number of hydrogen-bond donors (Lipinski definition) is 0. The van der Waals surface area contributed by atoms with Gasteiger partial charge in [0.15, 0.2) is 0 Å². The van der Waals surface area contributed by atoms with Crippen LogP contribution in [0.5, 0.6) is 0 Å². The molecule has 0 unspecified atom stereocenters. The van der Waals surface area contributed by atoms with Gasteiger partial charge in [-0.15, -0.1) is 11.3 Å². The quantitative estimate of drug-likeness (QED) is 0.635. The highest BCUT2D eigenvalue weighted by Gasteiger charge is 1.95. The normalized spacial score (nSPS) is 9.31. The monoisotopic (exact) mass is 268 g/mol. The second kappa shape index (κ2) is 4.10. The molecule has 2 rings (SSSR count). The molecule has 0 amide bonds. The Hall–Kier alpha value is -0.560. The molecule has 0 aliphatic rings.